The van der Waals surface area contributed by atoms with Gasteiger partial charge in [0.1, 0.15) is 19.8 Å². The summed E-state index contributed by atoms with van der Waals surface area (Å²) in [7, 11) is 5.10. The summed E-state index contributed by atoms with van der Waals surface area (Å²) in [6, 6.07) is -0.365. The second kappa shape index (κ2) is 63.2. The fourth-order valence-electron chi connectivity index (χ4n) is 5.57. The number of esters is 1. The number of hydrogen-bond donors (Lipinski definition) is 6. The van der Waals surface area contributed by atoms with Crippen LogP contribution in [0.25, 0.3) is 0 Å². The van der Waals surface area contributed by atoms with Crippen molar-refractivity contribution in [3.05, 3.63) is 0 Å². The predicted molar refractivity (Wildman–Crippen MR) is 244 cm³/mol. The summed E-state index contributed by atoms with van der Waals surface area (Å²) < 4.78 is 5.20. The van der Waals surface area contributed by atoms with Crippen LogP contribution in [0.5, 0.6) is 0 Å². The highest BCUT2D eigenvalue weighted by atomic mass is 32.1. The lowest BCUT2D eigenvalue weighted by Crippen LogP contribution is -3.06. The fraction of sp³-hybridized carbons (Fsp3) is 0.956. The van der Waals surface area contributed by atoms with Gasteiger partial charge in [-0.25, -0.2) is 0 Å². The van der Waals surface area contributed by atoms with E-state index < -0.39 is 5.97 Å². The minimum atomic E-state index is -0.711. The number of carbonyl (C=O) groups is 2. The summed E-state index contributed by atoms with van der Waals surface area (Å²) in [5, 5.41) is 14.9. The van der Waals surface area contributed by atoms with E-state index in [1.165, 1.54) is 165 Å². The van der Waals surface area contributed by atoms with Gasteiger partial charge >= 0.3 is 11.9 Å². The lowest BCUT2D eigenvalue weighted by atomic mass is 10.0. The maximum absolute atomic E-state index is 11.8. The van der Waals surface area contributed by atoms with Crippen LogP contribution >= 0.6 is 12.6 Å². The first-order chi connectivity index (χ1) is 27.2. The average molecular weight is 827 g/mol. The van der Waals surface area contributed by atoms with E-state index in [0.717, 1.165) is 32.9 Å². The zero-order valence-electron chi connectivity index (χ0n) is 38.6. The van der Waals surface area contributed by atoms with Crippen molar-refractivity contribution in [3.8, 4) is 0 Å². The number of hydrogen-bond acceptors (Lipinski definition) is 9. The van der Waals surface area contributed by atoms with Crippen LogP contribution in [0, 0.1) is 0 Å². The molecule has 0 aliphatic carbocycles. The molecule has 0 radical (unpaired) electrons. The van der Waals surface area contributed by atoms with Crippen LogP contribution in [0.1, 0.15) is 220 Å². The van der Waals surface area contributed by atoms with Gasteiger partial charge in [-0.05, 0) is 19.1 Å². The van der Waals surface area contributed by atoms with Crippen molar-refractivity contribution in [1.29, 1.82) is 0 Å². The standard InChI is InChI=1S/C23H49N3O4.C16H34.C4H8O2.CH4O.CH4S/c1-4-5-6-7-8-9-10-11-12-13-14-15-16-17-23(27)28-20-22(24)21-30-25-29-19-18-26(2)3;1-3-5-7-9-11-13-15-16-14-12-10-8-6-4-2;1-2-3-4(5)6;2*1-2/h22,25H,4-21,24H2,1-3H3;3-16H2,1-2H3;2-3H2,1H3,(H,5,6);2*2H,1H3/p+1. The van der Waals surface area contributed by atoms with Gasteiger partial charge in [0.2, 0.25) is 0 Å². The van der Waals surface area contributed by atoms with E-state index in [1.54, 1.807) is 6.26 Å². The lowest BCUT2D eigenvalue weighted by molar-refractivity contribution is -0.859. The molecule has 1 atom stereocenters. The molecule has 0 heterocycles. The van der Waals surface area contributed by atoms with E-state index in [2.05, 4.69) is 39.0 Å². The number of aliphatic carboxylic acids is 1. The van der Waals surface area contributed by atoms with E-state index in [4.69, 9.17) is 30.4 Å². The van der Waals surface area contributed by atoms with Gasteiger partial charge in [-0.1, -0.05) is 200 Å². The summed E-state index contributed by atoms with van der Waals surface area (Å²) in [6.45, 7) is 10.5. The molecular weight excluding hydrogens is 727 g/mol. The Bertz CT molecular complexity index is 680. The van der Waals surface area contributed by atoms with Crippen molar-refractivity contribution in [2.45, 2.75) is 226 Å². The first-order valence-corrected chi connectivity index (χ1v) is 23.9. The van der Waals surface area contributed by atoms with Crippen molar-refractivity contribution >= 4 is 24.6 Å². The molecule has 0 aliphatic rings. The molecule has 6 N–H and O–H groups in total. The van der Waals surface area contributed by atoms with Gasteiger partial charge in [-0.15, -0.1) is 0 Å². The van der Waals surface area contributed by atoms with Crippen LogP contribution in [0.2, 0.25) is 0 Å². The molecule has 0 aromatic carbocycles. The Morgan fingerprint density at radius 1 is 0.554 bits per heavy atom. The van der Waals surface area contributed by atoms with Crippen LogP contribution < -0.4 is 16.3 Å². The minimum absolute atomic E-state index is 0.167. The third kappa shape index (κ3) is 74.1. The van der Waals surface area contributed by atoms with Gasteiger partial charge < -0.3 is 25.6 Å². The third-order valence-electron chi connectivity index (χ3n) is 8.98. The van der Waals surface area contributed by atoms with Crippen molar-refractivity contribution in [2.24, 2.45) is 5.73 Å². The predicted octanol–water partition coefficient (Wildman–Crippen LogP) is 10.4. The Morgan fingerprint density at radius 2 is 0.893 bits per heavy atom. The van der Waals surface area contributed by atoms with Gasteiger partial charge in [0.05, 0.1) is 26.7 Å². The summed E-state index contributed by atoms with van der Waals surface area (Å²) in [5.74, 6) is -0.885. The number of quaternary nitrogens is 1. The number of carboxylic acids is 1. The van der Waals surface area contributed by atoms with Crippen LogP contribution in [0.15, 0.2) is 0 Å². The number of unbranched alkanes of at least 4 members (excludes halogenated alkanes) is 25. The van der Waals surface area contributed by atoms with E-state index in [1.807, 2.05) is 21.0 Å². The molecule has 11 heteroatoms. The highest BCUT2D eigenvalue weighted by Gasteiger charge is 2.08. The van der Waals surface area contributed by atoms with E-state index in [0.29, 0.717) is 19.4 Å². The highest BCUT2D eigenvalue weighted by molar-refractivity contribution is 7.79. The normalized spacial score (nSPS) is 10.9. The first kappa shape index (κ1) is 64.2. The van der Waals surface area contributed by atoms with Crippen LogP contribution in [0.4, 0.5) is 0 Å². The SMILES string of the molecule is CCCC(=O)O.CCCCCCCCCCCCCCCC.CCCCCCCCCCCCCCCC(=O)OCC(N)CONOCC[NH+](C)C.CO.CS. The van der Waals surface area contributed by atoms with Crippen molar-refractivity contribution < 1.29 is 39.1 Å². The number of carboxylic acid groups (broad SMARTS) is 1. The zero-order chi connectivity index (χ0) is 43.2. The number of aliphatic hydroxyl groups is 1. The first-order valence-electron chi connectivity index (χ1n) is 23.0. The molecular formula is C45H100N3O7S+. The molecule has 0 saturated heterocycles. The van der Waals surface area contributed by atoms with E-state index >= 15 is 0 Å². The molecule has 0 spiro atoms. The van der Waals surface area contributed by atoms with Gasteiger partial charge in [0, 0.05) is 20.0 Å². The fourth-order valence-corrected chi connectivity index (χ4v) is 5.57. The Labute approximate surface area is 354 Å². The monoisotopic (exact) mass is 827 g/mol. The molecule has 0 saturated carbocycles. The maximum atomic E-state index is 11.8. The molecule has 10 nitrogen and oxygen atoms in total. The number of ether oxygens (including phenoxy) is 1. The zero-order valence-corrected chi connectivity index (χ0v) is 39.5. The Kier molecular flexibility index (Phi) is 72.5. The molecule has 56 heavy (non-hydrogen) atoms. The molecule has 0 rings (SSSR count). The van der Waals surface area contributed by atoms with Crippen molar-refractivity contribution in [3.63, 3.8) is 0 Å². The number of nitrogens with one attached hydrogen (secondary N) is 2. The second-order valence-electron chi connectivity index (χ2n) is 15.0. The topological polar surface area (TPSA) is 145 Å². The number of nitrogens with two attached hydrogens (primary N) is 1. The van der Waals surface area contributed by atoms with Gasteiger partial charge in [-0.3, -0.25) is 19.3 Å². The second-order valence-corrected chi connectivity index (χ2v) is 15.0. The number of thiol groups is 1. The van der Waals surface area contributed by atoms with Crippen LogP contribution in [-0.2, 0) is 24.0 Å². The summed E-state index contributed by atoms with van der Waals surface area (Å²) >= 11 is 3.53. The molecule has 342 valence electrons. The smallest absolute Gasteiger partial charge is 0.305 e. The van der Waals surface area contributed by atoms with Crippen LogP contribution in [0.3, 0.4) is 0 Å². The molecule has 0 bridgehead atoms. The Hall–Kier alpha value is -0.950. The van der Waals surface area contributed by atoms with Gasteiger partial charge in [0.25, 0.3) is 0 Å². The number of aliphatic hydroxyl groups excluding tert-OH is 1. The number of carbonyl (C=O) groups excluding carboxylic acids is 1. The van der Waals surface area contributed by atoms with Gasteiger partial charge in [-0.2, -0.15) is 12.6 Å². The molecule has 0 amide bonds. The maximum Gasteiger partial charge on any atom is 0.305 e. The molecule has 0 aromatic rings. The number of rotatable bonds is 38. The summed E-state index contributed by atoms with van der Waals surface area (Å²) in [4.78, 5) is 32.8. The van der Waals surface area contributed by atoms with Crippen LogP contribution in [-0.4, -0.2) is 82.0 Å². The Morgan fingerprint density at radius 3 is 1.18 bits per heavy atom. The molecule has 0 aromatic heterocycles. The third-order valence-corrected chi connectivity index (χ3v) is 8.98. The highest BCUT2D eigenvalue weighted by Crippen LogP contribution is 2.14. The van der Waals surface area contributed by atoms with E-state index in [-0.39, 0.29) is 25.2 Å². The van der Waals surface area contributed by atoms with Crippen molar-refractivity contribution in [1.82, 2.24) is 5.64 Å². The van der Waals surface area contributed by atoms with Gasteiger partial charge in [0.15, 0.2) is 0 Å². The quantitative estimate of drug-likeness (QED) is 0.0155. The summed E-state index contributed by atoms with van der Waals surface area (Å²) in [6.07, 6.45) is 40.5. The molecule has 0 fully saturated rings. The molecule has 0 aliphatic heterocycles. The lowest BCUT2D eigenvalue weighted by Gasteiger charge is -2.13. The minimum Gasteiger partial charge on any atom is -0.481 e. The summed E-state index contributed by atoms with van der Waals surface area (Å²) in [5.41, 5.74) is 8.26. The Balaban J connectivity index is -0.000000277. The van der Waals surface area contributed by atoms with Crippen molar-refractivity contribution in [2.75, 3.05) is 53.8 Å². The number of likely N-dealkylation sites (N-methyl/N-ethyl adjacent to an activating group) is 1. The average Bonchev–Trinajstić information content (AvgIpc) is 3.19. The molecule has 1 unspecified atom stereocenters. The largest absolute Gasteiger partial charge is 0.481 e. The van der Waals surface area contributed by atoms with E-state index in [9.17, 15) is 9.59 Å².